The van der Waals surface area contributed by atoms with Crippen LogP contribution in [0.1, 0.15) is 42.6 Å². The number of carbonyl (C=O) groups excluding carboxylic acids is 1. The van der Waals surface area contributed by atoms with Gasteiger partial charge in [-0.1, -0.05) is 41.8 Å². The highest BCUT2D eigenvalue weighted by molar-refractivity contribution is 14.0. The van der Waals surface area contributed by atoms with Gasteiger partial charge in [-0.2, -0.15) is 0 Å². The highest BCUT2D eigenvalue weighted by Crippen LogP contribution is 2.33. The summed E-state index contributed by atoms with van der Waals surface area (Å²) in [4.78, 5) is 16.8. The number of nitrogens with one attached hydrogen (secondary N) is 3. The van der Waals surface area contributed by atoms with Crippen LogP contribution in [0.4, 0.5) is 5.69 Å². The van der Waals surface area contributed by atoms with Crippen molar-refractivity contribution in [1.82, 2.24) is 10.6 Å². The minimum atomic E-state index is -0.199. The maximum atomic E-state index is 12.3. The van der Waals surface area contributed by atoms with Gasteiger partial charge in [-0.3, -0.25) is 4.79 Å². The molecule has 0 bridgehead atoms. The van der Waals surface area contributed by atoms with Gasteiger partial charge in [-0.15, -0.1) is 30.4 Å². The molecule has 2 aromatic carbocycles. The average molecular weight is 560 g/mol. The van der Waals surface area contributed by atoms with Crippen LogP contribution in [0.3, 0.4) is 0 Å². The molecular weight excluding hydrogens is 527 g/mol. The molecule has 7 heteroatoms. The second kappa shape index (κ2) is 13.9. The number of anilines is 1. The lowest BCUT2D eigenvalue weighted by Crippen LogP contribution is -2.42. The number of aryl methyl sites for hydroxylation is 1. The summed E-state index contributed by atoms with van der Waals surface area (Å²) in [5.74, 6) is 3.31. The third-order valence-corrected chi connectivity index (χ3v) is 5.42. The van der Waals surface area contributed by atoms with Crippen LogP contribution in [0.5, 0.6) is 0 Å². The van der Waals surface area contributed by atoms with Crippen molar-refractivity contribution >= 4 is 41.5 Å². The van der Waals surface area contributed by atoms with E-state index in [9.17, 15) is 4.79 Å². The van der Waals surface area contributed by atoms with Crippen LogP contribution >= 0.6 is 24.0 Å². The van der Waals surface area contributed by atoms with Gasteiger partial charge in [0, 0.05) is 36.9 Å². The molecule has 0 aliphatic carbocycles. The fraction of sp³-hybridized carbons (Fsp3) is 0.385. The molecule has 3 N–H and O–H groups in total. The van der Waals surface area contributed by atoms with Crippen molar-refractivity contribution in [2.45, 2.75) is 32.8 Å². The molecule has 1 saturated heterocycles. The molecule has 2 unspecified atom stereocenters. The molecule has 0 radical (unpaired) electrons. The quantitative estimate of drug-likeness (QED) is 0.205. The number of rotatable bonds is 7. The zero-order valence-electron chi connectivity index (χ0n) is 19.3. The summed E-state index contributed by atoms with van der Waals surface area (Å²) >= 11 is 0. The van der Waals surface area contributed by atoms with Crippen LogP contribution in [0, 0.1) is 25.2 Å². The molecule has 1 aliphatic heterocycles. The van der Waals surface area contributed by atoms with E-state index in [1.165, 1.54) is 11.1 Å². The number of guanidine groups is 1. The standard InChI is InChI=1S/C26H32N4O2.HI/c1-4-20-8-6-10-23(16-20)30-24(31)18-29-26(27-5-2)28-17-22-9-7-15-32-25(22)21-13-11-19(3)12-14-21;/h1,6,8,10-14,16,22,25H,5,7,9,15,17-18H2,2-3H3,(H,30,31)(H2,27,28,29);1H. The summed E-state index contributed by atoms with van der Waals surface area (Å²) in [6, 6.07) is 15.8. The Balaban J connectivity index is 0.00000385. The minimum Gasteiger partial charge on any atom is -0.373 e. The van der Waals surface area contributed by atoms with Crippen molar-refractivity contribution in [2.24, 2.45) is 10.9 Å². The van der Waals surface area contributed by atoms with Crippen LogP contribution in [-0.2, 0) is 9.53 Å². The van der Waals surface area contributed by atoms with Crippen molar-refractivity contribution in [3.63, 3.8) is 0 Å². The molecule has 176 valence electrons. The molecule has 0 saturated carbocycles. The number of halogens is 1. The topological polar surface area (TPSA) is 74.8 Å². The maximum absolute atomic E-state index is 12.3. The molecule has 3 rings (SSSR count). The number of aliphatic imine (C=N–C) groups is 1. The third kappa shape index (κ3) is 8.37. The van der Waals surface area contributed by atoms with Gasteiger partial charge in [0.05, 0.1) is 6.10 Å². The highest BCUT2D eigenvalue weighted by Gasteiger charge is 2.27. The summed E-state index contributed by atoms with van der Waals surface area (Å²) in [5.41, 5.74) is 3.83. The van der Waals surface area contributed by atoms with Crippen molar-refractivity contribution in [2.75, 3.05) is 31.6 Å². The van der Waals surface area contributed by atoms with E-state index >= 15 is 0 Å². The Labute approximate surface area is 214 Å². The Morgan fingerprint density at radius 3 is 2.73 bits per heavy atom. The van der Waals surface area contributed by atoms with Crippen molar-refractivity contribution < 1.29 is 9.53 Å². The Kier molecular flexibility index (Phi) is 11.2. The second-order valence-corrected chi connectivity index (χ2v) is 7.95. The molecule has 1 fully saturated rings. The van der Waals surface area contributed by atoms with Crippen molar-refractivity contribution in [3.8, 4) is 12.3 Å². The van der Waals surface area contributed by atoms with Gasteiger partial charge < -0.3 is 20.7 Å². The average Bonchev–Trinajstić information content (AvgIpc) is 2.82. The molecule has 33 heavy (non-hydrogen) atoms. The lowest BCUT2D eigenvalue weighted by molar-refractivity contribution is -0.114. The van der Waals surface area contributed by atoms with Crippen LogP contribution in [0.15, 0.2) is 53.5 Å². The normalized spacial score (nSPS) is 17.9. The summed E-state index contributed by atoms with van der Waals surface area (Å²) < 4.78 is 6.11. The number of hydrogen-bond donors (Lipinski definition) is 3. The van der Waals surface area contributed by atoms with E-state index in [1.54, 1.807) is 12.1 Å². The molecular formula is C26H33IN4O2. The summed E-state index contributed by atoms with van der Waals surface area (Å²) in [5, 5.41) is 9.44. The van der Waals surface area contributed by atoms with Gasteiger partial charge in [0.15, 0.2) is 5.96 Å². The summed E-state index contributed by atoms with van der Waals surface area (Å²) in [7, 11) is 0. The Bertz CT molecular complexity index is 969. The molecule has 2 atom stereocenters. The van der Waals surface area contributed by atoms with E-state index in [0.29, 0.717) is 24.1 Å². The Hall–Kier alpha value is -2.57. The zero-order valence-corrected chi connectivity index (χ0v) is 21.6. The first-order chi connectivity index (χ1) is 15.6. The monoisotopic (exact) mass is 560 g/mol. The maximum Gasteiger partial charge on any atom is 0.246 e. The first-order valence-electron chi connectivity index (χ1n) is 11.2. The fourth-order valence-corrected chi connectivity index (χ4v) is 3.78. The molecule has 1 heterocycles. The van der Waals surface area contributed by atoms with Crippen molar-refractivity contribution in [3.05, 3.63) is 65.2 Å². The predicted molar refractivity (Wildman–Crippen MR) is 145 cm³/mol. The SMILES string of the molecule is C#Cc1cccc(NC(=O)CN=C(NCC)NCC2CCCOC2c2ccc(C)cc2)c1.I. The number of hydrogen-bond acceptors (Lipinski definition) is 3. The van der Waals surface area contributed by atoms with Gasteiger partial charge in [0.25, 0.3) is 0 Å². The van der Waals surface area contributed by atoms with Gasteiger partial charge in [0.1, 0.15) is 6.54 Å². The molecule has 2 aromatic rings. The van der Waals surface area contributed by atoms with Gasteiger partial charge >= 0.3 is 0 Å². The van der Waals surface area contributed by atoms with Crippen LogP contribution in [0.25, 0.3) is 0 Å². The number of nitrogens with zero attached hydrogens (tertiary/aromatic N) is 1. The lowest BCUT2D eigenvalue weighted by atomic mass is 9.89. The van der Waals surface area contributed by atoms with Gasteiger partial charge in [-0.25, -0.2) is 4.99 Å². The summed E-state index contributed by atoms with van der Waals surface area (Å²) in [6.45, 7) is 6.31. The van der Waals surface area contributed by atoms with Crippen LogP contribution in [-0.4, -0.2) is 38.1 Å². The van der Waals surface area contributed by atoms with E-state index in [4.69, 9.17) is 11.2 Å². The van der Waals surface area contributed by atoms with E-state index in [-0.39, 0.29) is 42.5 Å². The van der Waals surface area contributed by atoms with E-state index in [1.807, 2.05) is 19.1 Å². The number of benzene rings is 2. The zero-order chi connectivity index (χ0) is 22.8. The van der Waals surface area contributed by atoms with Crippen LogP contribution in [0.2, 0.25) is 0 Å². The third-order valence-electron chi connectivity index (χ3n) is 5.42. The summed E-state index contributed by atoms with van der Waals surface area (Å²) in [6.07, 6.45) is 7.60. The fourth-order valence-electron chi connectivity index (χ4n) is 3.78. The van der Waals surface area contributed by atoms with Crippen LogP contribution < -0.4 is 16.0 Å². The molecule has 0 spiro atoms. The van der Waals surface area contributed by atoms with E-state index in [2.05, 4.69) is 58.1 Å². The van der Waals surface area contributed by atoms with E-state index in [0.717, 1.165) is 31.6 Å². The first kappa shape index (κ1) is 26.7. The number of carbonyl (C=O) groups is 1. The number of amides is 1. The Morgan fingerprint density at radius 2 is 2.00 bits per heavy atom. The minimum absolute atomic E-state index is 0. The number of terminal acetylenes is 1. The predicted octanol–water partition coefficient (Wildman–Crippen LogP) is 4.26. The molecule has 1 aliphatic rings. The van der Waals surface area contributed by atoms with Gasteiger partial charge in [-0.05, 0) is 50.5 Å². The molecule has 1 amide bonds. The Morgan fingerprint density at radius 1 is 1.21 bits per heavy atom. The largest absolute Gasteiger partial charge is 0.373 e. The van der Waals surface area contributed by atoms with Gasteiger partial charge in [0.2, 0.25) is 5.91 Å². The smallest absolute Gasteiger partial charge is 0.246 e. The van der Waals surface area contributed by atoms with E-state index < -0.39 is 0 Å². The molecule has 6 nitrogen and oxygen atoms in total. The highest BCUT2D eigenvalue weighted by atomic mass is 127. The van der Waals surface area contributed by atoms with Crippen molar-refractivity contribution in [1.29, 1.82) is 0 Å². The second-order valence-electron chi connectivity index (χ2n) is 7.95. The molecule has 0 aromatic heterocycles. The first-order valence-corrected chi connectivity index (χ1v) is 11.2. The lowest BCUT2D eigenvalue weighted by Gasteiger charge is -2.32. The number of ether oxygens (including phenoxy) is 1.